The summed E-state index contributed by atoms with van der Waals surface area (Å²) in [6.45, 7) is 2.23. The number of ether oxygens (including phenoxy) is 1. The van der Waals surface area contributed by atoms with E-state index in [-0.39, 0.29) is 5.91 Å². The van der Waals surface area contributed by atoms with E-state index in [1.165, 1.54) is 0 Å². The lowest BCUT2D eigenvalue weighted by molar-refractivity contribution is -0.164. The van der Waals surface area contributed by atoms with Crippen molar-refractivity contribution in [3.63, 3.8) is 0 Å². The zero-order chi connectivity index (χ0) is 22.6. The maximum absolute atomic E-state index is 13.2. The Morgan fingerprint density at radius 2 is 1.53 bits per heavy atom. The number of amides is 1. The van der Waals surface area contributed by atoms with Crippen molar-refractivity contribution < 1.29 is 19.4 Å². The topological polar surface area (TPSA) is 66.8 Å². The molecule has 0 saturated carbocycles. The van der Waals surface area contributed by atoms with Crippen molar-refractivity contribution in [2.75, 3.05) is 18.1 Å². The van der Waals surface area contributed by atoms with E-state index in [4.69, 9.17) is 4.74 Å². The predicted octanol–water partition coefficient (Wildman–Crippen LogP) is 4.38. The molecule has 1 atom stereocenters. The average Bonchev–Trinajstić information content (AvgIpc) is 3.01. The fourth-order valence-corrected chi connectivity index (χ4v) is 4.93. The van der Waals surface area contributed by atoms with Crippen molar-refractivity contribution in [2.45, 2.75) is 29.1 Å². The van der Waals surface area contributed by atoms with Gasteiger partial charge in [0.2, 0.25) is 5.60 Å². The molecular formula is C26H25NO4S. The Morgan fingerprint density at radius 3 is 2.16 bits per heavy atom. The Balaban J connectivity index is 1.56. The zero-order valence-electron chi connectivity index (χ0n) is 17.8. The maximum atomic E-state index is 13.2. The van der Waals surface area contributed by atoms with Crippen molar-refractivity contribution in [3.05, 3.63) is 96.1 Å². The molecule has 1 aliphatic heterocycles. The molecule has 1 unspecified atom stereocenters. The van der Waals surface area contributed by atoms with Gasteiger partial charge in [-0.2, -0.15) is 0 Å². The summed E-state index contributed by atoms with van der Waals surface area (Å²) in [7, 11) is 0. The molecule has 0 aromatic heterocycles. The number of aliphatic hydroxyl groups is 1. The highest BCUT2D eigenvalue weighted by Crippen LogP contribution is 2.37. The van der Waals surface area contributed by atoms with Gasteiger partial charge in [-0.05, 0) is 29.7 Å². The third-order valence-corrected chi connectivity index (χ3v) is 6.79. The van der Waals surface area contributed by atoms with Gasteiger partial charge in [-0.15, -0.1) is 11.8 Å². The van der Waals surface area contributed by atoms with Crippen LogP contribution in [0.4, 0.5) is 5.69 Å². The van der Waals surface area contributed by atoms with E-state index in [1.807, 2.05) is 24.3 Å². The number of fused-ring (bicyclic) bond motifs is 1. The normalized spacial score (nSPS) is 16.1. The highest BCUT2D eigenvalue weighted by Gasteiger charge is 2.42. The maximum Gasteiger partial charge on any atom is 0.348 e. The van der Waals surface area contributed by atoms with Crippen molar-refractivity contribution in [1.82, 2.24) is 0 Å². The molecule has 4 rings (SSSR count). The molecule has 0 bridgehead atoms. The van der Waals surface area contributed by atoms with Crippen LogP contribution < -0.4 is 4.90 Å². The van der Waals surface area contributed by atoms with Crippen LogP contribution in [0.3, 0.4) is 0 Å². The first-order chi connectivity index (χ1) is 15.5. The zero-order valence-corrected chi connectivity index (χ0v) is 18.6. The van der Waals surface area contributed by atoms with E-state index in [0.29, 0.717) is 22.9 Å². The Kier molecular flexibility index (Phi) is 6.63. The van der Waals surface area contributed by atoms with Crippen molar-refractivity contribution >= 4 is 29.3 Å². The van der Waals surface area contributed by atoms with Gasteiger partial charge in [0.05, 0.1) is 5.69 Å². The third-order valence-electron chi connectivity index (χ3n) is 5.55. The van der Waals surface area contributed by atoms with Gasteiger partial charge in [-0.1, -0.05) is 79.7 Å². The number of benzene rings is 3. The number of thioether (sulfide) groups is 1. The first-order valence-corrected chi connectivity index (χ1v) is 11.4. The lowest BCUT2D eigenvalue weighted by Gasteiger charge is -2.28. The fourth-order valence-electron chi connectivity index (χ4n) is 3.82. The third kappa shape index (κ3) is 4.42. The minimum Gasteiger partial charge on any atom is -0.453 e. The number of anilines is 1. The van der Waals surface area contributed by atoms with Crippen LogP contribution in [0.2, 0.25) is 0 Å². The van der Waals surface area contributed by atoms with Crippen molar-refractivity contribution in [1.29, 1.82) is 0 Å². The molecule has 3 aromatic carbocycles. The standard InChI is InChI=1S/C26H25NO4S/c1-19-16-17-27(22-14-8-9-15-23(22)32-19)24(28)18-31-25(29)26(30,20-10-4-2-5-11-20)21-12-6-3-7-13-21/h2-15,19,30H,16-18H2,1H3. The molecule has 164 valence electrons. The fraction of sp³-hybridized carbons (Fsp3) is 0.231. The molecule has 0 radical (unpaired) electrons. The van der Waals surface area contributed by atoms with Crippen LogP contribution in [0.1, 0.15) is 24.5 Å². The minimum atomic E-state index is -2.01. The first kappa shape index (κ1) is 22.1. The van der Waals surface area contributed by atoms with Crippen LogP contribution in [0.25, 0.3) is 0 Å². The summed E-state index contributed by atoms with van der Waals surface area (Å²) in [6, 6.07) is 25.0. The molecule has 1 aliphatic rings. The van der Waals surface area contributed by atoms with E-state index >= 15 is 0 Å². The summed E-state index contributed by atoms with van der Waals surface area (Å²) in [5.41, 5.74) is -0.420. The molecule has 0 saturated heterocycles. The van der Waals surface area contributed by atoms with Gasteiger partial charge in [-0.25, -0.2) is 4.79 Å². The molecule has 5 nitrogen and oxygen atoms in total. The second kappa shape index (κ2) is 9.59. The van der Waals surface area contributed by atoms with Gasteiger partial charge in [-0.3, -0.25) is 4.79 Å². The van der Waals surface area contributed by atoms with Crippen LogP contribution in [-0.4, -0.2) is 35.4 Å². The lowest BCUT2D eigenvalue weighted by Crippen LogP contribution is -2.42. The quantitative estimate of drug-likeness (QED) is 0.588. The second-order valence-electron chi connectivity index (χ2n) is 7.75. The average molecular weight is 448 g/mol. The van der Waals surface area contributed by atoms with Gasteiger partial charge >= 0.3 is 5.97 Å². The lowest BCUT2D eigenvalue weighted by atomic mass is 9.86. The molecule has 1 amide bonds. The van der Waals surface area contributed by atoms with Crippen LogP contribution in [0, 0.1) is 0 Å². The van der Waals surface area contributed by atoms with E-state index in [9.17, 15) is 14.7 Å². The number of carbonyl (C=O) groups excluding carboxylic acids is 2. The van der Waals surface area contributed by atoms with Gasteiger partial charge in [0.15, 0.2) is 6.61 Å². The summed E-state index contributed by atoms with van der Waals surface area (Å²) < 4.78 is 5.43. The number of carbonyl (C=O) groups is 2. The van der Waals surface area contributed by atoms with Gasteiger partial charge < -0.3 is 14.7 Å². The Hall–Kier alpha value is -3.09. The van der Waals surface area contributed by atoms with Crippen LogP contribution >= 0.6 is 11.8 Å². The van der Waals surface area contributed by atoms with Gasteiger partial charge in [0.25, 0.3) is 5.91 Å². The molecule has 6 heteroatoms. The predicted molar refractivity (Wildman–Crippen MR) is 126 cm³/mol. The van der Waals surface area contributed by atoms with Crippen molar-refractivity contribution in [2.24, 2.45) is 0 Å². The Bertz CT molecular complexity index is 1050. The SMILES string of the molecule is CC1CCN(C(=O)COC(=O)C(O)(c2ccccc2)c2ccccc2)c2ccccc2S1. The van der Waals surface area contributed by atoms with Crippen molar-refractivity contribution in [3.8, 4) is 0 Å². The number of hydrogen-bond acceptors (Lipinski definition) is 5. The minimum absolute atomic E-state index is 0.316. The van der Waals surface area contributed by atoms with Gasteiger partial charge in [0, 0.05) is 16.7 Å². The Morgan fingerprint density at radius 1 is 0.969 bits per heavy atom. The number of rotatable bonds is 5. The van der Waals surface area contributed by atoms with Crippen LogP contribution in [-0.2, 0) is 19.9 Å². The summed E-state index contributed by atoms with van der Waals surface area (Å²) in [5.74, 6) is -1.20. The van der Waals surface area contributed by atoms with E-state index in [0.717, 1.165) is 17.0 Å². The Labute approximate surface area is 192 Å². The molecule has 32 heavy (non-hydrogen) atoms. The molecule has 0 aliphatic carbocycles. The largest absolute Gasteiger partial charge is 0.453 e. The summed E-state index contributed by atoms with van der Waals surface area (Å²) in [6.07, 6.45) is 0.830. The van der Waals surface area contributed by atoms with Crippen LogP contribution in [0.15, 0.2) is 89.8 Å². The number of hydrogen-bond donors (Lipinski definition) is 1. The molecule has 1 N–H and O–H groups in total. The molecule has 3 aromatic rings. The summed E-state index contributed by atoms with van der Waals surface area (Å²) in [5, 5.41) is 11.9. The number of nitrogens with zero attached hydrogens (tertiary/aromatic N) is 1. The summed E-state index contributed by atoms with van der Waals surface area (Å²) >= 11 is 1.74. The van der Waals surface area contributed by atoms with Crippen LogP contribution in [0.5, 0.6) is 0 Å². The smallest absolute Gasteiger partial charge is 0.348 e. The molecule has 0 spiro atoms. The second-order valence-corrected chi connectivity index (χ2v) is 9.23. The van der Waals surface area contributed by atoms with Gasteiger partial charge in [0.1, 0.15) is 0 Å². The monoisotopic (exact) mass is 447 g/mol. The molecule has 1 heterocycles. The number of para-hydroxylation sites is 1. The van der Waals surface area contributed by atoms with E-state index in [1.54, 1.807) is 77.3 Å². The van der Waals surface area contributed by atoms with E-state index < -0.39 is 18.2 Å². The highest BCUT2D eigenvalue weighted by molar-refractivity contribution is 8.00. The molecular weight excluding hydrogens is 422 g/mol. The number of esters is 1. The summed E-state index contributed by atoms with van der Waals surface area (Å²) in [4.78, 5) is 29.0. The highest BCUT2D eigenvalue weighted by atomic mass is 32.2. The molecule has 0 fully saturated rings. The van der Waals surface area contributed by atoms with E-state index in [2.05, 4.69) is 6.92 Å². The first-order valence-electron chi connectivity index (χ1n) is 10.6.